The second kappa shape index (κ2) is 6.58. The van der Waals surface area contributed by atoms with Crippen LogP contribution in [0.5, 0.6) is 5.75 Å². The Labute approximate surface area is 156 Å². The number of anilines is 3. The highest BCUT2D eigenvalue weighted by molar-refractivity contribution is 7.92. The van der Waals surface area contributed by atoms with Crippen molar-refractivity contribution < 1.29 is 22.7 Å². The van der Waals surface area contributed by atoms with Crippen LogP contribution in [0.2, 0.25) is 0 Å². The monoisotopic (exact) mass is 387 g/mol. The van der Waals surface area contributed by atoms with Gasteiger partial charge in [0, 0.05) is 18.7 Å². The molecule has 2 heterocycles. The molecule has 9 heteroatoms. The third kappa shape index (κ3) is 3.33. The third-order valence-corrected chi connectivity index (χ3v) is 5.79. The van der Waals surface area contributed by atoms with Gasteiger partial charge in [0.15, 0.2) is 12.4 Å². The average molecular weight is 387 g/mol. The number of para-hydroxylation sites is 1. The van der Waals surface area contributed by atoms with Gasteiger partial charge < -0.3 is 15.0 Å². The van der Waals surface area contributed by atoms with Crippen LogP contribution >= 0.6 is 0 Å². The Morgan fingerprint density at radius 1 is 1.07 bits per heavy atom. The van der Waals surface area contributed by atoms with Gasteiger partial charge in [-0.1, -0.05) is 6.07 Å². The lowest BCUT2D eigenvalue weighted by atomic mass is 10.2. The smallest absolute Gasteiger partial charge is 0.262 e. The lowest BCUT2D eigenvalue weighted by Crippen LogP contribution is -2.26. The van der Waals surface area contributed by atoms with E-state index in [1.165, 1.54) is 12.1 Å². The lowest BCUT2D eigenvalue weighted by Gasteiger charge is -2.21. The maximum absolute atomic E-state index is 12.7. The molecule has 2 aromatic rings. The minimum atomic E-state index is -3.86. The molecule has 1 saturated heterocycles. The van der Waals surface area contributed by atoms with Gasteiger partial charge >= 0.3 is 0 Å². The van der Waals surface area contributed by atoms with Crippen molar-refractivity contribution in [3.05, 3.63) is 42.5 Å². The van der Waals surface area contributed by atoms with Crippen molar-refractivity contribution in [1.29, 1.82) is 0 Å². The first-order valence-corrected chi connectivity index (χ1v) is 9.91. The Kier molecular flexibility index (Phi) is 4.23. The van der Waals surface area contributed by atoms with E-state index in [2.05, 4.69) is 10.0 Å². The van der Waals surface area contributed by atoms with E-state index in [0.29, 0.717) is 24.3 Å². The number of hydrogen-bond donors (Lipinski definition) is 2. The molecule has 0 unspecified atom stereocenters. The zero-order valence-corrected chi connectivity index (χ0v) is 15.1. The molecule has 0 bridgehead atoms. The summed E-state index contributed by atoms with van der Waals surface area (Å²) in [4.78, 5) is 24.9. The zero-order chi connectivity index (χ0) is 19.0. The summed E-state index contributed by atoms with van der Waals surface area (Å²) < 4.78 is 33.3. The van der Waals surface area contributed by atoms with Crippen molar-refractivity contribution in [3.8, 4) is 5.75 Å². The fourth-order valence-corrected chi connectivity index (χ4v) is 4.19. The van der Waals surface area contributed by atoms with Gasteiger partial charge in [0.25, 0.3) is 15.9 Å². The highest BCUT2D eigenvalue weighted by Crippen LogP contribution is 2.36. The van der Waals surface area contributed by atoms with Crippen LogP contribution in [-0.4, -0.2) is 33.4 Å². The fraction of sp³-hybridized carbons (Fsp3) is 0.222. The predicted octanol–water partition coefficient (Wildman–Crippen LogP) is 1.95. The van der Waals surface area contributed by atoms with E-state index in [4.69, 9.17) is 4.74 Å². The molecule has 0 saturated carbocycles. The fourth-order valence-electron chi connectivity index (χ4n) is 3.13. The summed E-state index contributed by atoms with van der Waals surface area (Å²) in [6.45, 7) is 0.465. The summed E-state index contributed by atoms with van der Waals surface area (Å²) in [5.74, 6) is 0.0216. The van der Waals surface area contributed by atoms with E-state index in [-0.39, 0.29) is 34.8 Å². The second-order valence-corrected chi connectivity index (χ2v) is 7.95. The highest BCUT2D eigenvalue weighted by Gasteiger charge is 2.24. The topological polar surface area (TPSA) is 105 Å². The Hall–Kier alpha value is -3.07. The molecule has 0 atom stereocenters. The number of carbonyl (C=O) groups is 2. The first-order chi connectivity index (χ1) is 12.9. The number of nitrogens with one attached hydrogen (secondary N) is 2. The molecule has 0 aromatic heterocycles. The first-order valence-electron chi connectivity index (χ1n) is 8.43. The second-order valence-electron chi connectivity index (χ2n) is 6.27. The number of hydrogen-bond acceptors (Lipinski definition) is 5. The summed E-state index contributed by atoms with van der Waals surface area (Å²) in [6, 6.07) is 11.0. The number of fused-ring (bicyclic) bond motifs is 1. The maximum atomic E-state index is 12.7. The number of carbonyl (C=O) groups excluding carboxylic acids is 2. The predicted molar refractivity (Wildman–Crippen MR) is 99.4 cm³/mol. The molecule has 0 spiro atoms. The molecule has 2 aliphatic rings. The van der Waals surface area contributed by atoms with Crippen LogP contribution in [-0.2, 0) is 19.6 Å². The van der Waals surface area contributed by atoms with E-state index in [1.807, 2.05) is 0 Å². The van der Waals surface area contributed by atoms with Gasteiger partial charge in [-0.2, -0.15) is 0 Å². The van der Waals surface area contributed by atoms with E-state index in [1.54, 1.807) is 35.2 Å². The Morgan fingerprint density at radius 2 is 1.85 bits per heavy atom. The average Bonchev–Trinajstić information content (AvgIpc) is 3.07. The number of benzene rings is 2. The van der Waals surface area contributed by atoms with Crippen molar-refractivity contribution in [3.63, 3.8) is 0 Å². The third-order valence-electron chi connectivity index (χ3n) is 4.41. The van der Waals surface area contributed by atoms with Gasteiger partial charge in [0.2, 0.25) is 5.91 Å². The lowest BCUT2D eigenvalue weighted by molar-refractivity contribution is -0.118. The van der Waals surface area contributed by atoms with Crippen molar-refractivity contribution >= 4 is 38.9 Å². The first kappa shape index (κ1) is 17.3. The summed E-state index contributed by atoms with van der Waals surface area (Å²) >= 11 is 0. The van der Waals surface area contributed by atoms with Crippen LogP contribution in [0.25, 0.3) is 0 Å². The van der Waals surface area contributed by atoms with Crippen LogP contribution in [0.1, 0.15) is 12.8 Å². The Balaban J connectivity index is 1.58. The molecule has 2 N–H and O–H groups in total. The molecule has 0 radical (unpaired) electrons. The standard InChI is InChI=1S/C18H17N3O5S/c22-16-11-26-18-14(19-16)3-1-4-15(18)20-27(24,25)13-8-6-12(7-9-13)21-10-2-5-17(21)23/h1,3-4,6-9,20H,2,5,10-11H2,(H,19,22). The molecule has 0 aliphatic carbocycles. The molecule has 27 heavy (non-hydrogen) atoms. The van der Waals surface area contributed by atoms with E-state index in [9.17, 15) is 18.0 Å². The van der Waals surface area contributed by atoms with Crippen molar-refractivity contribution in [1.82, 2.24) is 0 Å². The maximum Gasteiger partial charge on any atom is 0.262 e. The number of sulfonamides is 1. The molecule has 2 aromatic carbocycles. The van der Waals surface area contributed by atoms with Crippen LogP contribution in [0.15, 0.2) is 47.4 Å². The molecule has 8 nitrogen and oxygen atoms in total. The molecule has 2 aliphatic heterocycles. The number of rotatable bonds is 4. The molecule has 4 rings (SSSR count). The number of ether oxygens (including phenoxy) is 1. The summed E-state index contributed by atoms with van der Waals surface area (Å²) in [5, 5.41) is 2.63. The van der Waals surface area contributed by atoms with Crippen LogP contribution < -0.4 is 19.7 Å². The van der Waals surface area contributed by atoms with Crippen LogP contribution in [0, 0.1) is 0 Å². The quantitative estimate of drug-likeness (QED) is 0.834. The molecular weight excluding hydrogens is 370 g/mol. The van der Waals surface area contributed by atoms with Crippen LogP contribution in [0.3, 0.4) is 0 Å². The minimum Gasteiger partial charge on any atom is -0.479 e. The van der Waals surface area contributed by atoms with Gasteiger partial charge in [-0.15, -0.1) is 0 Å². The Morgan fingerprint density at radius 3 is 2.56 bits per heavy atom. The highest BCUT2D eigenvalue weighted by atomic mass is 32.2. The molecule has 140 valence electrons. The van der Waals surface area contributed by atoms with Gasteiger partial charge in [-0.3, -0.25) is 14.3 Å². The summed E-state index contributed by atoms with van der Waals surface area (Å²) in [6.07, 6.45) is 1.31. The Bertz CT molecular complexity index is 1020. The van der Waals surface area contributed by atoms with Gasteiger partial charge in [0.05, 0.1) is 16.3 Å². The molecular formula is C18H17N3O5S. The normalized spacial score (nSPS) is 16.5. The molecule has 2 amide bonds. The zero-order valence-electron chi connectivity index (χ0n) is 14.3. The largest absolute Gasteiger partial charge is 0.479 e. The number of amides is 2. The SMILES string of the molecule is O=C1COc2c(cccc2NS(=O)(=O)c2ccc(N3CCCC3=O)cc2)N1. The van der Waals surface area contributed by atoms with Crippen molar-refractivity contribution in [2.75, 3.05) is 28.1 Å². The minimum absolute atomic E-state index is 0.0406. The van der Waals surface area contributed by atoms with Gasteiger partial charge in [0.1, 0.15) is 0 Å². The van der Waals surface area contributed by atoms with E-state index < -0.39 is 10.0 Å². The van der Waals surface area contributed by atoms with E-state index >= 15 is 0 Å². The van der Waals surface area contributed by atoms with Crippen LogP contribution in [0.4, 0.5) is 17.1 Å². The number of nitrogens with zero attached hydrogens (tertiary/aromatic N) is 1. The van der Waals surface area contributed by atoms with Crippen molar-refractivity contribution in [2.24, 2.45) is 0 Å². The van der Waals surface area contributed by atoms with Gasteiger partial charge in [-0.25, -0.2) is 8.42 Å². The van der Waals surface area contributed by atoms with E-state index in [0.717, 1.165) is 6.42 Å². The summed E-state index contributed by atoms with van der Waals surface area (Å²) in [7, 11) is -3.86. The summed E-state index contributed by atoms with van der Waals surface area (Å²) in [5.41, 5.74) is 1.33. The van der Waals surface area contributed by atoms with Crippen molar-refractivity contribution in [2.45, 2.75) is 17.7 Å². The molecule has 1 fully saturated rings. The van der Waals surface area contributed by atoms with Gasteiger partial charge in [-0.05, 0) is 42.8 Å².